The third-order valence-electron chi connectivity index (χ3n) is 10.2. The van der Waals surface area contributed by atoms with Gasteiger partial charge in [0.25, 0.3) is 0 Å². The number of carbonyl (C=O) groups excluding carboxylic acids is 1. The number of carboxylic acids is 1. The Morgan fingerprint density at radius 3 is 2.36 bits per heavy atom. The van der Waals surface area contributed by atoms with E-state index in [1.807, 2.05) is 13.8 Å². The average Bonchev–Trinajstić information content (AvgIpc) is 3.01. The van der Waals surface area contributed by atoms with Crippen LogP contribution in [0.1, 0.15) is 105 Å². The Morgan fingerprint density at radius 2 is 1.70 bits per heavy atom. The van der Waals surface area contributed by atoms with Crippen molar-refractivity contribution in [3.63, 3.8) is 0 Å². The van der Waals surface area contributed by atoms with Crippen molar-refractivity contribution in [2.75, 3.05) is 0 Å². The van der Waals surface area contributed by atoms with Crippen LogP contribution in [0.2, 0.25) is 0 Å². The molecule has 0 spiro atoms. The standard InChI is InChI=1S/C29H44O4/c1-18(2)9-8-11-21(27(31)32)26-24-15-14-22-23(29(24,5)17-25(26)33-19(3)30)13-12-20-10-6-7-16-28(20,22)4/h9,20,22-25H,6-8,10-17H2,1-5H3,(H,31,32)/b26-21-/t20?,22-,23?,24?,25+,28+,29-/m1/s1. The molecule has 4 aliphatic carbocycles. The van der Waals surface area contributed by atoms with Gasteiger partial charge in [0.15, 0.2) is 0 Å². The van der Waals surface area contributed by atoms with E-state index in [-0.39, 0.29) is 23.4 Å². The van der Waals surface area contributed by atoms with E-state index in [0.29, 0.717) is 29.2 Å². The zero-order valence-corrected chi connectivity index (χ0v) is 21.4. The monoisotopic (exact) mass is 456 g/mol. The van der Waals surface area contributed by atoms with Crippen molar-refractivity contribution in [3.05, 3.63) is 22.8 Å². The molecule has 0 radical (unpaired) electrons. The second-order valence-electron chi connectivity index (χ2n) is 12.2. The lowest BCUT2D eigenvalue weighted by atomic mass is 9.44. The van der Waals surface area contributed by atoms with E-state index in [1.54, 1.807) is 0 Å². The highest BCUT2D eigenvalue weighted by molar-refractivity contribution is 5.88. The lowest BCUT2D eigenvalue weighted by molar-refractivity contribution is -0.146. The fourth-order valence-corrected chi connectivity index (χ4v) is 8.82. The van der Waals surface area contributed by atoms with Gasteiger partial charge >= 0.3 is 11.9 Å². The molecule has 4 aliphatic rings. The lowest BCUT2D eigenvalue weighted by Crippen LogP contribution is -2.53. The number of hydrogen-bond donors (Lipinski definition) is 1. The van der Waals surface area contributed by atoms with Crippen molar-refractivity contribution in [1.82, 2.24) is 0 Å². The smallest absolute Gasteiger partial charge is 0.331 e. The van der Waals surface area contributed by atoms with Crippen LogP contribution in [-0.2, 0) is 14.3 Å². The quantitative estimate of drug-likeness (QED) is 0.272. The highest BCUT2D eigenvalue weighted by Crippen LogP contribution is 2.68. The van der Waals surface area contributed by atoms with E-state index in [2.05, 4.69) is 19.9 Å². The van der Waals surface area contributed by atoms with Crippen LogP contribution in [0.25, 0.3) is 0 Å². The number of carboxylic acid groups (broad SMARTS) is 1. The normalized spacial score (nSPS) is 41.3. The van der Waals surface area contributed by atoms with Gasteiger partial charge in [-0.25, -0.2) is 4.79 Å². The summed E-state index contributed by atoms with van der Waals surface area (Å²) in [5, 5.41) is 10.2. The molecule has 0 aromatic rings. The Hall–Kier alpha value is -1.58. The van der Waals surface area contributed by atoms with E-state index in [9.17, 15) is 14.7 Å². The number of allylic oxidation sites excluding steroid dienone is 2. The summed E-state index contributed by atoms with van der Waals surface area (Å²) in [5.41, 5.74) is 3.09. The summed E-state index contributed by atoms with van der Waals surface area (Å²) in [4.78, 5) is 24.5. The molecule has 0 aromatic heterocycles. The zero-order valence-electron chi connectivity index (χ0n) is 21.4. The Morgan fingerprint density at radius 1 is 1.00 bits per heavy atom. The van der Waals surface area contributed by atoms with Crippen molar-refractivity contribution in [3.8, 4) is 0 Å². The van der Waals surface area contributed by atoms with Crippen molar-refractivity contribution in [2.24, 2.45) is 34.5 Å². The predicted octanol–water partition coefficient (Wildman–Crippen LogP) is 7.09. The Bertz CT molecular complexity index is 850. The molecule has 0 aromatic carbocycles. The van der Waals surface area contributed by atoms with Gasteiger partial charge in [0.2, 0.25) is 0 Å². The lowest BCUT2D eigenvalue weighted by Gasteiger charge is -2.61. The van der Waals surface area contributed by atoms with Gasteiger partial charge in [-0.2, -0.15) is 0 Å². The molecule has 0 heterocycles. The first-order valence-corrected chi connectivity index (χ1v) is 13.3. The van der Waals surface area contributed by atoms with Crippen LogP contribution in [0.3, 0.4) is 0 Å². The second-order valence-corrected chi connectivity index (χ2v) is 12.2. The zero-order chi connectivity index (χ0) is 24.0. The molecule has 0 saturated heterocycles. The largest absolute Gasteiger partial charge is 0.478 e. The number of aliphatic carboxylic acids is 1. The molecule has 0 bridgehead atoms. The summed E-state index contributed by atoms with van der Waals surface area (Å²) in [6, 6.07) is 0. The van der Waals surface area contributed by atoms with Gasteiger partial charge in [0.1, 0.15) is 6.10 Å². The van der Waals surface area contributed by atoms with Crippen LogP contribution < -0.4 is 0 Å². The summed E-state index contributed by atoms with van der Waals surface area (Å²) in [6.07, 6.45) is 14.0. The third-order valence-corrected chi connectivity index (χ3v) is 10.2. The molecule has 3 unspecified atom stereocenters. The Kier molecular flexibility index (Phi) is 6.86. The number of carbonyl (C=O) groups is 2. The number of esters is 1. The van der Waals surface area contributed by atoms with Crippen molar-refractivity contribution < 1.29 is 19.4 Å². The number of fused-ring (bicyclic) bond motifs is 5. The van der Waals surface area contributed by atoms with Gasteiger partial charge < -0.3 is 9.84 Å². The molecule has 4 heteroatoms. The minimum absolute atomic E-state index is 0.0149. The second kappa shape index (κ2) is 9.23. The van der Waals surface area contributed by atoms with Crippen LogP contribution >= 0.6 is 0 Å². The average molecular weight is 457 g/mol. The minimum Gasteiger partial charge on any atom is -0.478 e. The van der Waals surface area contributed by atoms with Gasteiger partial charge in [-0.15, -0.1) is 0 Å². The molecular formula is C29H44O4. The first-order valence-electron chi connectivity index (χ1n) is 13.3. The fourth-order valence-electron chi connectivity index (χ4n) is 8.82. The van der Waals surface area contributed by atoms with Crippen molar-refractivity contribution in [1.29, 1.82) is 0 Å². The summed E-state index contributed by atoms with van der Waals surface area (Å²) in [5.74, 6) is 1.25. The maximum absolute atomic E-state index is 12.5. The highest BCUT2D eigenvalue weighted by atomic mass is 16.5. The van der Waals surface area contributed by atoms with Crippen molar-refractivity contribution in [2.45, 2.75) is 111 Å². The Balaban J connectivity index is 1.72. The molecule has 4 fully saturated rings. The highest BCUT2D eigenvalue weighted by Gasteiger charge is 2.62. The molecule has 0 amide bonds. The predicted molar refractivity (Wildman–Crippen MR) is 131 cm³/mol. The maximum Gasteiger partial charge on any atom is 0.331 e. The SMILES string of the molecule is CC(=O)O[C@H]1C[C@@]2(C)C(CC[C@@H]3C2CCC2CCCC[C@@]23C)/C1=C(\CCC=C(C)C)C(=O)O. The van der Waals surface area contributed by atoms with E-state index in [0.717, 1.165) is 30.8 Å². The van der Waals surface area contributed by atoms with Gasteiger partial charge in [-0.05, 0) is 112 Å². The molecule has 0 aliphatic heterocycles. The van der Waals surface area contributed by atoms with E-state index in [4.69, 9.17) is 4.74 Å². The minimum atomic E-state index is -0.835. The molecule has 4 rings (SSSR count). The van der Waals surface area contributed by atoms with Crippen LogP contribution in [0.15, 0.2) is 22.8 Å². The summed E-state index contributed by atoms with van der Waals surface area (Å²) < 4.78 is 5.88. The molecule has 4 nitrogen and oxygen atoms in total. The van der Waals surface area contributed by atoms with Crippen LogP contribution in [0.4, 0.5) is 0 Å². The molecule has 1 N–H and O–H groups in total. The molecular weight excluding hydrogens is 412 g/mol. The van der Waals surface area contributed by atoms with Crippen molar-refractivity contribution >= 4 is 11.9 Å². The molecule has 33 heavy (non-hydrogen) atoms. The van der Waals surface area contributed by atoms with E-state index in [1.165, 1.54) is 57.4 Å². The molecule has 4 saturated carbocycles. The topological polar surface area (TPSA) is 63.6 Å². The van der Waals surface area contributed by atoms with Crippen LogP contribution in [0.5, 0.6) is 0 Å². The summed E-state index contributed by atoms with van der Waals surface area (Å²) in [6.45, 7) is 10.5. The Labute approximate surface area is 200 Å². The first kappa shape index (κ1) is 24.5. The molecule has 184 valence electrons. The van der Waals surface area contributed by atoms with Gasteiger partial charge in [-0.1, -0.05) is 38.3 Å². The third kappa shape index (κ3) is 4.32. The van der Waals surface area contributed by atoms with Gasteiger partial charge in [0.05, 0.1) is 0 Å². The van der Waals surface area contributed by atoms with E-state index < -0.39 is 5.97 Å². The number of rotatable bonds is 5. The van der Waals surface area contributed by atoms with Gasteiger partial charge in [0, 0.05) is 12.5 Å². The summed E-state index contributed by atoms with van der Waals surface area (Å²) in [7, 11) is 0. The summed E-state index contributed by atoms with van der Waals surface area (Å²) >= 11 is 0. The van der Waals surface area contributed by atoms with Crippen LogP contribution in [0, 0.1) is 34.5 Å². The van der Waals surface area contributed by atoms with Gasteiger partial charge in [-0.3, -0.25) is 4.79 Å². The molecule has 7 atom stereocenters. The number of ether oxygens (including phenoxy) is 1. The fraction of sp³-hybridized carbons (Fsp3) is 0.793. The maximum atomic E-state index is 12.5. The number of hydrogen-bond acceptors (Lipinski definition) is 3. The first-order chi connectivity index (χ1) is 15.6. The van der Waals surface area contributed by atoms with Crippen LogP contribution in [-0.4, -0.2) is 23.1 Å². The van der Waals surface area contributed by atoms with E-state index >= 15 is 0 Å².